The number of amides is 2. The number of nitrogens with zero attached hydrogens (tertiary/aromatic N) is 3. The third kappa shape index (κ3) is 3.15. The van der Waals surface area contributed by atoms with Crippen molar-refractivity contribution in [3.63, 3.8) is 0 Å². The molecule has 0 spiro atoms. The zero-order valence-electron chi connectivity index (χ0n) is 13.9. The summed E-state index contributed by atoms with van der Waals surface area (Å²) in [6.45, 7) is 9.95. The van der Waals surface area contributed by atoms with Gasteiger partial charge in [-0.15, -0.1) is 0 Å². The minimum atomic E-state index is -0.0501. The number of aromatic nitrogens is 1. The van der Waals surface area contributed by atoms with E-state index in [0.29, 0.717) is 43.2 Å². The number of carbonyl (C=O) groups is 2. The highest BCUT2D eigenvalue weighted by atomic mass is 16.5. The zero-order valence-corrected chi connectivity index (χ0v) is 13.9. The first-order valence-electron chi connectivity index (χ1n) is 8.00. The number of piperazine rings is 1. The quantitative estimate of drug-likeness (QED) is 0.853. The number of rotatable bonds is 4. The molecule has 1 aromatic heterocycles. The molecule has 0 N–H and O–H groups in total. The third-order valence-electron chi connectivity index (χ3n) is 4.46. The average Bonchev–Trinajstić information content (AvgIpc) is 2.87. The molecule has 2 heterocycles. The highest BCUT2D eigenvalue weighted by Gasteiger charge is 2.29. The molecule has 0 aromatic carbocycles. The second-order valence-corrected chi connectivity index (χ2v) is 5.83. The maximum Gasteiger partial charge on any atom is 0.259 e. The van der Waals surface area contributed by atoms with Gasteiger partial charge in [-0.3, -0.25) is 9.59 Å². The first kappa shape index (κ1) is 16.5. The minimum absolute atomic E-state index is 0.0501. The molecule has 0 aliphatic carbocycles. The second kappa shape index (κ2) is 6.94. The number of aryl methyl sites for hydroxylation is 2. The Morgan fingerprint density at radius 2 is 1.64 bits per heavy atom. The van der Waals surface area contributed by atoms with E-state index in [1.165, 1.54) is 0 Å². The maximum absolute atomic E-state index is 12.5. The lowest BCUT2D eigenvalue weighted by Crippen LogP contribution is -2.52. The molecule has 0 bridgehead atoms. The van der Waals surface area contributed by atoms with Crippen molar-refractivity contribution in [2.75, 3.05) is 26.2 Å². The van der Waals surface area contributed by atoms with Crippen molar-refractivity contribution < 1.29 is 14.1 Å². The smallest absolute Gasteiger partial charge is 0.259 e. The van der Waals surface area contributed by atoms with Gasteiger partial charge in [-0.1, -0.05) is 19.0 Å². The Hall–Kier alpha value is -1.85. The summed E-state index contributed by atoms with van der Waals surface area (Å²) < 4.78 is 5.07. The Morgan fingerprint density at radius 3 is 2.09 bits per heavy atom. The van der Waals surface area contributed by atoms with Crippen molar-refractivity contribution >= 4 is 11.8 Å². The van der Waals surface area contributed by atoms with Gasteiger partial charge in [0, 0.05) is 32.1 Å². The van der Waals surface area contributed by atoms with Crippen LogP contribution in [0.5, 0.6) is 0 Å². The summed E-state index contributed by atoms with van der Waals surface area (Å²) in [5, 5.41) is 3.83. The van der Waals surface area contributed by atoms with Crippen LogP contribution in [0.2, 0.25) is 0 Å². The molecule has 6 nitrogen and oxygen atoms in total. The van der Waals surface area contributed by atoms with Crippen LogP contribution in [0.25, 0.3) is 0 Å². The maximum atomic E-state index is 12.5. The molecule has 1 fully saturated rings. The largest absolute Gasteiger partial charge is 0.361 e. The van der Waals surface area contributed by atoms with Gasteiger partial charge in [0.2, 0.25) is 5.91 Å². The lowest BCUT2D eigenvalue weighted by atomic mass is 10.0. The number of hydrogen-bond donors (Lipinski definition) is 0. The minimum Gasteiger partial charge on any atom is -0.361 e. The van der Waals surface area contributed by atoms with Gasteiger partial charge in [-0.2, -0.15) is 0 Å². The first-order chi connectivity index (χ1) is 10.5. The lowest BCUT2D eigenvalue weighted by molar-refractivity contribution is -0.137. The van der Waals surface area contributed by atoms with Crippen LogP contribution in [0, 0.1) is 19.8 Å². The van der Waals surface area contributed by atoms with E-state index in [2.05, 4.69) is 5.16 Å². The summed E-state index contributed by atoms with van der Waals surface area (Å²) in [5.41, 5.74) is 1.18. The lowest BCUT2D eigenvalue weighted by Gasteiger charge is -2.36. The molecule has 2 rings (SSSR count). The normalized spacial score (nSPS) is 15.5. The monoisotopic (exact) mass is 307 g/mol. The van der Waals surface area contributed by atoms with Gasteiger partial charge < -0.3 is 14.3 Å². The van der Waals surface area contributed by atoms with Gasteiger partial charge in [-0.25, -0.2) is 0 Å². The van der Waals surface area contributed by atoms with Crippen LogP contribution < -0.4 is 0 Å². The Morgan fingerprint density at radius 1 is 1.09 bits per heavy atom. The predicted octanol–water partition coefficient (Wildman–Crippen LogP) is 2.01. The number of carbonyl (C=O) groups excluding carboxylic acids is 2. The van der Waals surface area contributed by atoms with Crippen LogP contribution in [0.1, 0.15) is 48.5 Å². The van der Waals surface area contributed by atoms with E-state index in [0.717, 1.165) is 12.8 Å². The van der Waals surface area contributed by atoms with Crippen LogP contribution in [0.4, 0.5) is 0 Å². The van der Waals surface area contributed by atoms with Crippen molar-refractivity contribution in [2.45, 2.75) is 40.5 Å². The van der Waals surface area contributed by atoms with Gasteiger partial charge >= 0.3 is 0 Å². The second-order valence-electron chi connectivity index (χ2n) is 5.83. The Bertz CT molecular complexity index is 521. The third-order valence-corrected chi connectivity index (χ3v) is 4.46. The van der Waals surface area contributed by atoms with Crippen molar-refractivity contribution in [1.82, 2.24) is 15.0 Å². The summed E-state index contributed by atoms with van der Waals surface area (Å²) in [5.74, 6) is 0.822. The Balaban J connectivity index is 1.98. The SMILES string of the molecule is CCC(CC)C(=O)N1CCN(C(=O)c2c(C)noc2C)CC1. The van der Waals surface area contributed by atoms with E-state index >= 15 is 0 Å². The average molecular weight is 307 g/mol. The summed E-state index contributed by atoms with van der Waals surface area (Å²) in [6, 6.07) is 0. The van der Waals surface area contributed by atoms with E-state index in [1.807, 2.05) is 18.7 Å². The molecule has 6 heteroatoms. The van der Waals surface area contributed by atoms with Crippen LogP contribution in [0.15, 0.2) is 4.52 Å². The highest BCUT2D eigenvalue weighted by Crippen LogP contribution is 2.18. The molecule has 0 radical (unpaired) electrons. The standard InChI is InChI=1S/C16H25N3O3/c1-5-13(6-2)15(20)18-7-9-19(10-8-18)16(21)14-11(3)17-22-12(14)4/h13H,5-10H2,1-4H3. The van der Waals surface area contributed by atoms with Gasteiger partial charge in [0.05, 0.1) is 5.69 Å². The molecule has 1 aliphatic heterocycles. The topological polar surface area (TPSA) is 66.7 Å². The van der Waals surface area contributed by atoms with E-state index < -0.39 is 0 Å². The molecule has 0 atom stereocenters. The van der Waals surface area contributed by atoms with E-state index in [-0.39, 0.29) is 17.7 Å². The van der Waals surface area contributed by atoms with Gasteiger partial charge in [0.15, 0.2) is 0 Å². The molecule has 1 aliphatic rings. The first-order valence-corrected chi connectivity index (χ1v) is 8.00. The van der Waals surface area contributed by atoms with Crippen molar-refractivity contribution in [3.05, 3.63) is 17.0 Å². The number of hydrogen-bond acceptors (Lipinski definition) is 4. The molecular weight excluding hydrogens is 282 g/mol. The Labute approximate surface area is 131 Å². The van der Waals surface area contributed by atoms with E-state index in [9.17, 15) is 9.59 Å². The van der Waals surface area contributed by atoms with Gasteiger partial charge in [-0.05, 0) is 26.7 Å². The van der Waals surface area contributed by atoms with Crippen molar-refractivity contribution in [2.24, 2.45) is 5.92 Å². The fourth-order valence-corrected chi connectivity index (χ4v) is 2.97. The predicted molar refractivity (Wildman–Crippen MR) is 82.5 cm³/mol. The molecule has 1 saturated heterocycles. The van der Waals surface area contributed by atoms with Gasteiger partial charge in [0.25, 0.3) is 5.91 Å². The molecule has 1 aromatic rings. The van der Waals surface area contributed by atoms with Crippen molar-refractivity contribution in [1.29, 1.82) is 0 Å². The van der Waals surface area contributed by atoms with Crippen LogP contribution in [-0.4, -0.2) is 52.9 Å². The molecule has 22 heavy (non-hydrogen) atoms. The summed E-state index contributed by atoms with van der Waals surface area (Å²) in [7, 11) is 0. The molecule has 0 saturated carbocycles. The fourth-order valence-electron chi connectivity index (χ4n) is 2.97. The van der Waals surface area contributed by atoms with Crippen molar-refractivity contribution in [3.8, 4) is 0 Å². The summed E-state index contributed by atoms with van der Waals surface area (Å²) in [4.78, 5) is 28.6. The molecular formula is C16H25N3O3. The molecule has 2 amide bonds. The van der Waals surface area contributed by atoms with Gasteiger partial charge in [0.1, 0.15) is 11.3 Å². The van der Waals surface area contributed by atoms with E-state index in [1.54, 1.807) is 18.7 Å². The highest BCUT2D eigenvalue weighted by molar-refractivity contribution is 5.96. The summed E-state index contributed by atoms with van der Waals surface area (Å²) >= 11 is 0. The summed E-state index contributed by atoms with van der Waals surface area (Å²) in [6.07, 6.45) is 1.74. The molecule has 122 valence electrons. The van der Waals surface area contributed by atoms with Crippen LogP contribution in [-0.2, 0) is 4.79 Å². The Kier molecular flexibility index (Phi) is 5.21. The van der Waals surface area contributed by atoms with E-state index in [4.69, 9.17) is 4.52 Å². The van der Waals surface area contributed by atoms with Crippen LogP contribution >= 0.6 is 0 Å². The molecule has 0 unspecified atom stereocenters. The van der Waals surface area contributed by atoms with Crippen LogP contribution in [0.3, 0.4) is 0 Å². The fraction of sp³-hybridized carbons (Fsp3) is 0.688. The zero-order chi connectivity index (χ0) is 16.3.